The summed E-state index contributed by atoms with van der Waals surface area (Å²) >= 11 is 1.52. The third-order valence-electron chi connectivity index (χ3n) is 7.69. The molecule has 1 aromatic heterocycles. The molecule has 0 N–H and O–H groups in total. The van der Waals surface area contributed by atoms with Crippen molar-refractivity contribution in [3.8, 4) is 6.07 Å². The topological polar surface area (TPSA) is 53.8 Å². The summed E-state index contributed by atoms with van der Waals surface area (Å²) in [5, 5.41) is 10.4. The number of hydrogen-bond donors (Lipinski definition) is 0. The number of aryl methyl sites for hydroxylation is 1. The van der Waals surface area contributed by atoms with Crippen LogP contribution in [0.15, 0.2) is 11.1 Å². The molecular weight excluding hydrogens is 352 g/mol. The van der Waals surface area contributed by atoms with Gasteiger partial charge < -0.3 is 0 Å². The number of thioether (sulfide) groups is 1. The Bertz CT molecular complexity index is 789. The number of hydrogen-bond acceptors (Lipinski definition) is 4. The Labute approximate surface area is 166 Å². The molecule has 0 aliphatic heterocycles. The number of aromatic nitrogens is 1. The van der Waals surface area contributed by atoms with Crippen molar-refractivity contribution in [3.05, 3.63) is 22.9 Å². The van der Waals surface area contributed by atoms with Gasteiger partial charge in [0.1, 0.15) is 16.9 Å². The molecule has 1 atom stereocenters. The molecule has 0 spiro atoms. The second-order valence-electron chi connectivity index (χ2n) is 9.82. The van der Waals surface area contributed by atoms with E-state index < -0.39 is 0 Å². The van der Waals surface area contributed by atoms with Gasteiger partial charge >= 0.3 is 0 Å². The van der Waals surface area contributed by atoms with Gasteiger partial charge in [0.15, 0.2) is 0 Å². The van der Waals surface area contributed by atoms with Crippen molar-refractivity contribution in [2.24, 2.45) is 29.1 Å². The van der Waals surface area contributed by atoms with E-state index in [4.69, 9.17) is 4.98 Å². The van der Waals surface area contributed by atoms with E-state index in [-0.39, 0.29) is 5.41 Å². The Morgan fingerprint density at radius 2 is 1.93 bits per heavy atom. The first-order valence-electron chi connectivity index (χ1n) is 10.6. The van der Waals surface area contributed by atoms with Crippen LogP contribution in [0.4, 0.5) is 0 Å². The second-order valence-corrected chi connectivity index (χ2v) is 10.8. The molecule has 3 nitrogen and oxygen atoms in total. The van der Waals surface area contributed by atoms with Gasteiger partial charge in [-0.15, -0.1) is 0 Å². The van der Waals surface area contributed by atoms with Crippen LogP contribution in [0.3, 0.4) is 0 Å². The third-order valence-corrected chi connectivity index (χ3v) is 8.68. The van der Waals surface area contributed by atoms with E-state index in [1.54, 1.807) is 0 Å². The van der Waals surface area contributed by atoms with Crippen molar-refractivity contribution >= 4 is 17.5 Å². The standard InChI is InChI=1S/C23H28N2OS/c1-14-2-3-20-18(4-14)8-19(12-24)22(25-20)27-13-21(26)23-9-15-5-16(10-23)7-17(6-15)11-23/h8,14-17H,2-7,9-11,13H2,1H3. The number of Topliss-reactive ketones (excluding diaryl/α,β-unsaturated/α-hetero) is 1. The zero-order valence-corrected chi connectivity index (χ0v) is 17.0. The fourth-order valence-corrected chi connectivity index (χ4v) is 7.77. The van der Waals surface area contributed by atoms with Gasteiger partial charge in [0.05, 0.1) is 11.3 Å². The van der Waals surface area contributed by atoms with Crippen molar-refractivity contribution in [1.29, 1.82) is 5.26 Å². The minimum Gasteiger partial charge on any atom is -0.298 e. The number of nitrogens with zero attached hydrogens (tertiary/aromatic N) is 2. The van der Waals surface area contributed by atoms with Gasteiger partial charge in [-0.05, 0) is 93.1 Å². The zero-order valence-electron chi connectivity index (χ0n) is 16.2. The first kappa shape index (κ1) is 17.7. The molecule has 142 valence electrons. The van der Waals surface area contributed by atoms with Gasteiger partial charge in [-0.25, -0.2) is 4.98 Å². The first-order chi connectivity index (χ1) is 13.0. The van der Waals surface area contributed by atoms with E-state index in [2.05, 4.69) is 13.0 Å². The minimum absolute atomic E-state index is 0.0435. The zero-order chi connectivity index (χ0) is 18.6. The highest BCUT2D eigenvalue weighted by atomic mass is 32.2. The van der Waals surface area contributed by atoms with E-state index in [1.165, 1.54) is 43.0 Å². The molecule has 1 unspecified atom stereocenters. The maximum atomic E-state index is 13.3. The number of rotatable bonds is 4. The lowest BCUT2D eigenvalue weighted by molar-refractivity contribution is -0.141. The van der Waals surface area contributed by atoms with Gasteiger partial charge in [-0.3, -0.25) is 4.79 Å². The Morgan fingerprint density at radius 1 is 1.26 bits per heavy atom. The maximum Gasteiger partial charge on any atom is 0.149 e. The molecule has 6 rings (SSSR count). The highest BCUT2D eigenvalue weighted by Gasteiger charge is 2.54. The van der Waals surface area contributed by atoms with Crippen molar-refractivity contribution < 1.29 is 4.79 Å². The van der Waals surface area contributed by atoms with Crippen molar-refractivity contribution in [1.82, 2.24) is 4.98 Å². The number of nitriles is 1. The fourth-order valence-electron chi connectivity index (χ4n) is 6.76. The van der Waals surface area contributed by atoms with Gasteiger partial charge in [0, 0.05) is 11.1 Å². The summed E-state index contributed by atoms with van der Waals surface area (Å²) in [5.74, 6) is 3.98. The van der Waals surface area contributed by atoms with E-state index in [0.29, 0.717) is 23.0 Å². The van der Waals surface area contributed by atoms with Crippen LogP contribution < -0.4 is 0 Å². The van der Waals surface area contributed by atoms with E-state index >= 15 is 0 Å². The maximum absolute atomic E-state index is 13.3. The molecular formula is C23H28N2OS. The SMILES string of the molecule is CC1CCc2nc(SCC(=O)C34CC5CC(CC(C5)C3)C4)c(C#N)cc2C1. The number of pyridine rings is 1. The van der Waals surface area contributed by atoms with Crippen LogP contribution in [0, 0.1) is 40.4 Å². The van der Waals surface area contributed by atoms with Gasteiger partial charge in [-0.1, -0.05) is 18.7 Å². The van der Waals surface area contributed by atoms with Crippen LogP contribution in [-0.4, -0.2) is 16.5 Å². The van der Waals surface area contributed by atoms with Crippen LogP contribution in [0.2, 0.25) is 0 Å². The highest BCUT2D eigenvalue weighted by Crippen LogP contribution is 2.60. The Balaban J connectivity index is 1.33. The monoisotopic (exact) mass is 380 g/mol. The lowest BCUT2D eigenvalue weighted by Gasteiger charge is -2.56. The predicted molar refractivity (Wildman–Crippen MR) is 106 cm³/mol. The molecule has 5 aliphatic rings. The largest absolute Gasteiger partial charge is 0.298 e. The fraction of sp³-hybridized carbons (Fsp3) is 0.696. The Hall–Kier alpha value is -1.34. The molecule has 4 heteroatoms. The van der Waals surface area contributed by atoms with Crippen LogP contribution in [-0.2, 0) is 17.6 Å². The number of carbonyl (C=O) groups is 1. The average Bonchev–Trinajstić information content (AvgIpc) is 2.64. The summed E-state index contributed by atoms with van der Waals surface area (Å²) in [5.41, 5.74) is 3.00. The Morgan fingerprint density at radius 3 is 2.56 bits per heavy atom. The molecule has 0 radical (unpaired) electrons. The summed E-state index contributed by atoms with van der Waals surface area (Å²) in [4.78, 5) is 18.1. The van der Waals surface area contributed by atoms with E-state index in [0.717, 1.165) is 60.6 Å². The van der Waals surface area contributed by atoms with E-state index in [1.807, 2.05) is 6.07 Å². The van der Waals surface area contributed by atoms with Crippen molar-refractivity contribution in [2.75, 3.05) is 5.75 Å². The molecule has 4 fully saturated rings. The molecule has 1 heterocycles. The minimum atomic E-state index is -0.0435. The van der Waals surface area contributed by atoms with Crippen LogP contribution >= 0.6 is 11.8 Å². The quantitative estimate of drug-likeness (QED) is 0.693. The van der Waals surface area contributed by atoms with Crippen molar-refractivity contribution in [2.45, 2.75) is 69.7 Å². The third kappa shape index (κ3) is 3.12. The number of ketones is 1. The van der Waals surface area contributed by atoms with Gasteiger partial charge in [0.2, 0.25) is 0 Å². The molecule has 4 bridgehead atoms. The molecule has 5 aliphatic carbocycles. The number of fused-ring (bicyclic) bond motifs is 1. The summed E-state index contributed by atoms with van der Waals surface area (Å²) in [7, 11) is 0. The summed E-state index contributed by atoms with van der Waals surface area (Å²) < 4.78 is 0. The molecule has 0 saturated heterocycles. The highest BCUT2D eigenvalue weighted by molar-refractivity contribution is 8.00. The second kappa shape index (κ2) is 6.62. The Kier molecular flexibility index (Phi) is 4.35. The van der Waals surface area contributed by atoms with Crippen LogP contribution in [0.1, 0.15) is 68.7 Å². The van der Waals surface area contributed by atoms with Gasteiger partial charge in [-0.2, -0.15) is 5.26 Å². The smallest absolute Gasteiger partial charge is 0.149 e. The molecule has 4 saturated carbocycles. The lowest BCUT2D eigenvalue weighted by atomic mass is 9.48. The molecule has 27 heavy (non-hydrogen) atoms. The molecule has 0 aromatic carbocycles. The van der Waals surface area contributed by atoms with Crippen molar-refractivity contribution in [3.63, 3.8) is 0 Å². The summed E-state index contributed by atoms with van der Waals surface area (Å²) in [6, 6.07) is 4.36. The van der Waals surface area contributed by atoms with E-state index in [9.17, 15) is 10.1 Å². The average molecular weight is 381 g/mol. The number of carbonyl (C=O) groups excluding carboxylic acids is 1. The van der Waals surface area contributed by atoms with Gasteiger partial charge in [0.25, 0.3) is 0 Å². The molecule has 1 aromatic rings. The summed E-state index contributed by atoms with van der Waals surface area (Å²) in [6.07, 6.45) is 10.7. The lowest BCUT2D eigenvalue weighted by Crippen LogP contribution is -2.50. The summed E-state index contributed by atoms with van der Waals surface area (Å²) in [6.45, 7) is 2.27. The first-order valence-corrected chi connectivity index (χ1v) is 11.6. The predicted octanol–water partition coefficient (Wildman–Crippen LogP) is 4.96. The van der Waals surface area contributed by atoms with Crippen LogP contribution in [0.25, 0.3) is 0 Å². The molecule has 0 amide bonds. The van der Waals surface area contributed by atoms with Crippen LogP contribution in [0.5, 0.6) is 0 Å². The normalized spacial score (nSPS) is 36.3.